The number of hydrogen-bond acceptors (Lipinski definition) is 3. The molecule has 0 radical (unpaired) electrons. The van der Waals surface area contributed by atoms with Gasteiger partial charge in [-0.3, -0.25) is 0 Å². The number of halogens is 2. The zero-order chi connectivity index (χ0) is 15.0. The van der Waals surface area contributed by atoms with Gasteiger partial charge in [0.25, 0.3) is 0 Å². The molecule has 3 rings (SSSR count). The molecule has 1 atom stereocenters. The Kier molecular flexibility index (Phi) is 3.47. The van der Waals surface area contributed by atoms with Crippen LogP contribution in [0.2, 0.25) is 5.15 Å². The van der Waals surface area contributed by atoms with Crippen LogP contribution in [-0.4, -0.2) is 11.3 Å². The SMILES string of the molecule is CC1=Cc2ccnc(Cl)c2C(C=O)N1c1ccc(F)cc1. The summed E-state index contributed by atoms with van der Waals surface area (Å²) in [4.78, 5) is 17.5. The van der Waals surface area contributed by atoms with Crippen LogP contribution in [0, 0.1) is 5.82 Å². The quantitative estimate of drug-likeness (QED) is 0.621. The average molecular weight is 303 g/mol. The summed E-state index contributed by atoms with van der Waals surface area (Å²) in [5.74, 6) is -0.319. The first-order valence-corrected chi connectivity index (χ1v) is 6.82. The van der Waals surface area contributed by atoms with Gasteiger partial charge in [-0.2, -0.15) is 0 Å². The van der Waals surface area contributed by atoms with Gasteiger partial charge in [-0.15, -0.1) is 0 Å². The lowest BCUT2D eigenvalue weighted by molar-refractivity contribution is -0.109. The number of pyridine rings is 1. The zero-order valence-corrected chi connectivity index (χ0v) is 12.0. The van der Waals surface area contributed by atoms with Crippen LogP contribution in [0.25, 0.3) is 6.08 Å². The Morgan fingerprint density at radius 3 is 2.67 bits per heavy atom. The van der Waals surface area contributed by atoms with Gasteiger partial charge in [0.2, 0.25) is 0 Å². The number of allylic oxidation sites excluding steroid dienone is 1. The number of aromatic nitrogens is 1. The lowest BCUT2D eigenvalue weighted by Gasteiger charge is -2.35. The van der Waals surface area contributed by atoms with Crippen molar-refractivity contribution < 1.29 is 9.18 Å². The van der Waals surface area contributed by atoms with Gasteiger partial charge in [-0.05, 0) is 48.9 Å². The van der Waals surface area contributed by atoms with Crippen molar-refractivity contribution in [2.24, 2.45) is 0 Å². The van der Waals surface area contributed by atoms with E-state index in [2.05, 4.69) is 4.98 Å². The number of nitrogens with zero attached hydrogens (tertiary/aromatic N) is 2. The molecule has 0 aliphatic carbocycles. The fraction of sp³-hybridized carbons (Fsp3) is 0.125. The van der Waals surface area contributed by atoms with Crippen molar-refractivity contribution in [2.75, 3.05) is 4.90 Å². The van der Waals surface area contributed by atoms with Gasteiger partial charge in [0, 0.05) is 23.1 Å². The number of rotatable bonds is 2. The Balaban J connectivity index is 2.16. The Morgan fingerprint density at radius 1 is 1.29 bits per heavy atom. The van der Waals surface area contributed by atoms with Crippen LogP contribution in [0.5, 0.6) is 0 Å². The van der Waals surface area contributed by atoms with Gasteiger partial charge >= 0.3 is 0 Å². The highest BCUT2D eigenvalue weighted by Crippen LogP contribution is 2.39. The minimum absolute atomic E-state index is 0.306. The maximum absolute atomic E-state index is 13.1. The van der Waals surface area contributed by atoms with Crippen LogP contribution in [-0.2, 0) is 4.79 Å². The lowest BCUT2D eigenvalue weighted by atomic mass is 9.96. The highest BCUT2D eigenvalue weighted by atomic mass is 35.5. The van der Waals surface area contributed by atoms with Crippen LogP contribution < -0.4 is 4.90 Å². The van der Waals surface area contributed by atoms with E-state index < -0.39 is 6.04 Å². The Labute approximate surface area is 126 Å². The molecule has 1 aromatic carbocycles. The monoisotopic (exact) mass is 302 g/mol. The lowest BCUT2D eigenvalue weighted by Crippen LogP contribution is -2.31. The maximum atomic E-state index is 13.1. The maximum Gasteiger partial charge on any atom is 0.147 e. The third-order valence-electron chi connectivity index (χ3n) is 3.53. The van der Waals surface area contributed by atoms with E-state index in [-0.39, 0.29) is 5.82 Å². The Morgan fingerprint density at radius 2 is 2.00 bits per heavy atom. The van der Waals surface area contributed by atoms with Gasteiger partial charge < -0.3 is 9.69 Å². The molecule has 3 nitrogen and oxygen atoms in total. The molecule has 2 heterocycles. The van der Waals surface area contributed by atoms with E-state index in [9.17, 15) is 9.18 Å². The van der Waals surface area contributed by atoms with E-state index in [0.717, 1.165) is 23.2 Å². The number of benzene rings is 1. The van der Waals surface area contributed by atoms with Crippen LogP contribution >= 0.6 is 11.6 Å². The largest absolute Gasteiger partial charge is 0.331 e. The molecule has 0 amide bonds. The summed E-state index contributed by atoms with van der Waals surface area (Å²) in [7, 11) is 0. The number of carbonyl (C=O) groups excluding carboxylic acids is 1. The summed E-state index contributed by atoms with van der Waals surface area (Å²) >= 11 is 6.16. The summed E-state index contributed by atoms with van der Waals surface area (Å²) in [5.41, 5.74) is 3.16. The molecule has 0 fully saturated rings. The summed E-state index contributed by atoms with van der Waals surface area (Å²) < 4.78 is 13.1. The van der Waals surface area contributed by atoms with Gasteiger partial charge in [-0.1, -0.05) is 11.6 Å². The van der Waals surface area contributed by atoms with Crippen LogP contribution in [0.1, 0.15) is 24.1 Å². The first-order chi connectivity index (χ1) is 10.1. The van der Waals surface area contributed by atoms with Crippen LogP contribution in [0.3, 0.4) is 0 Å². The molecule has 0 saturated heterocycles. The summed E-state index contributed by atoms with van der Waals surface area (Å²) in [6.45, 7) is 1.90. The molecule has 0 N–H and O–H groups in total. The number of anilines is 1. The molecule has 106 valence electrons. The van der Waals surface area contributed by atoms with E-state index in [4.69, 9.17) is 11.6 Å². The van der Waals surface area contributed by atoms with E-state index in [0.29, 0.717) is 10.7 Å². The van der Waals surface area contributed by atoms with Crippen molar-refractivity contribution >= 4 is 29.7 Å². The fourth-order valence-corrected chi connectivity index (χ4v) is 2.90. The molecule has 2 aromatic rings. The van der Waals surface area contributed by atoms with Gasteiger partial charge in [0.15, 0.2) is 0 Å². The first-order valence-electron chi connectivity index (χ1n) is 6.44. The molecule has 5 heteroatoms. The molecular formula is C16H12ClFN2O. The van der Waals surface area contributed by atoms with Crippen molar-refractivity contribution in [2.45, 2.75) is 13.0 Å². The molecular weight excluding hydrogens is 291 g/mol. The van der Waals surface area contributed by atoms with E-state index in [1.54, 1.807) is 18.3 Å². The average Bonchev–Trinajstić information content (AvgIpc) is 2.47. The second-order valence-corrected chi connectivity index (χ2v) is 5.18. The highest BCUT2D eigenvalue weighted by molar-refractivity contribution is 6.30. The second kappa shape index (κ2) is 5.30. The minimum atomic E-state index is -0.573. The van der Waals surface area contributed by atoms with Crippen molar-refractivity contribution in [1.29, 1.82) is 0 Å². The molecule has 21 heavy (non-hydrogen) atoms. The normalized spacial score (nSPS) is 17.2. The Hall–Kier alpha value is -2.20. The molecule has 0 saturated carbocycles. The topological polar surface area (TPSA) is 33.2 Å². The van der Waals surface area contributed by atoms with Crippen molar-refractivity contribution in [1.82, 2.24) is 4.98 Å². The molecule has 1 aromatic heterocycles. The van der Waals surface area contributed by atoms with Crippen molar-refractivity contribution in [3.05, 3.63) is 64.3 Å². The van der Waals surface area contributed by atoms with Crippen molar-refractivity contribution in [3.63, 3.8) is 0 Å². The highest BCUT2D eigenvalue weighted by Gasteiger charge is 2.30. The Bertz CT molecular complexity index is 728. The van der Waals surface area contributed by atoms with E-state index in [1.807, 2.05) is 24.0 Å². The van der Waals surface area contributed by atoms with Crippen LogP contribution in [0.4, 0.5) is 10.1 Å². The number of carbonyl (C=O) groups is 1. The molecule has 0 spiro atoms. The van der Waals surface area contributed by atoms with Crippen LogP contribution in [0.15, 0.2) is 42.2 Å². The van der Waals surface area contributed by atoms with Gasteiger partial charge in [-0.25, -0.2) is 9.37 Å². The molecule has 1 aliphatic heterocycles. The predicted octanol–water partition coefficient (Wildman–Crippen LogP) is 4.00. The third-order valence-corrected chi connectivity index (χ3v) is 3.83. The van der Waals surface area contributed by atoms with Gasteiger partial charge in [0.05, 0.1) is 0 Å². The first kappa shape index (κ1) is 13.8. The smallest absolute Gasteiger partial charge is 0.147 e. The number of hydrogen-bond donors (Lipinski definition) is 0. The molecule has 1 aliphatic rings. The van der Waals surface area contributed by atoms with E-state index in [1.165, 1.54) is 12.1 Å². The third kappa shape index (κ3) is 2.32. The standard InChI is InChI=1S/C16H12ClFN2O/c1-10-8-11-6-7-19-16(17)15(11)14(9-21)20(10)13-4-2-12(18)3-5-13/h2-9,14H,1H3. The van der Waals surface area contributed by atoms with Crippen molar-refractivity contribution in [3.8, 4) is 0 Å². The fourth-order valence-electron chi connectivity index (χ4n) is 2.62. The summed E-state index contributed by atoms with van der Waals surface area (Å²) in [6, 6.07) is 7.26. The molecule has 1 unspecified atom stereocenters. The summed E-state index contributed by atoms with van der Waals surface area (Å²) in [6.07, 6.45) is 4.37. The minimum Gasteiger partial charge on any atom is -0.331 e. The predicted molar refractivity (Wildman–Crippen MR) is 80.6 cm³/mol. The van der Waals surface area contributed by atoms with Gasteiger partial charge in [0.1, 0.15) is 23.3 Å². The zero-order valence-electron chi connectivity index (χ0n) is 11.3. The number of aldehydes is 1. The number of fused-ring (bicyclic) bond motifs is 1. The second-order valence-electron chi connectivity index (χ2n) is 4.82. The molecule has 0 bridgehead atoms. The van der Waals surface area contributed by atoms with E-state index >= 15 is 0 Å². The summed E-state index contributed by atoms with van der Waals surface area (Å²) in [5, 5.41) is 0.306.